The Kier molecular flexibility index (Phi) is 5.15. The zero-order valence-electron chi connectivity index (χ0n) is 13.5. The Bertz CT molecular complexity index is 995. The van der Waals surface area contributed by atoms with Gasteiger partial charge in [-0.3, -0.25) is 4.79 Å². The molecule has 1 heterocycles. The molecule has 3 aromatic rings. The van der Waals surface area contributed by atoms with Crippen LogP contribution in [0.15, 0.2) is 72.0 Å². The van der Waals surface area contributed by atoms with E-state index in [0.29, 0.717) is 22.0 Å². The first-order valence-electron chi connectivity index (χ1n) is 7.65. The van der Waals surface area contributed by atoms with Gasteiger partial charge in [0.25, 0.3) is 5.91 Å². The average molecular weight is 368 g/mol. The second-order valence-electron chi connectivity index (χ2n) is 5.34. The van der Waals surface area contributed by atoms with Crippen molar-refractivity contribution in [2.75, 3.05) is 0 Å². The first-order valence-corrected chi connectivity index (χ1v) is 8.03. The third-order valence-corrected chi connectivity index (χ3v) is 3.96. The van der Waals surface area contributed by atoms with Gasteiger partial charge in [-0.2, -0.15) is 5.10 Å². The second-order valence-corrected chi connectivity index (χ2v) is 5.74. The molecule has 0 aliphatic heterocycles. The summed E-state index contributed by atoms with van der Waals surface area (Å²) < 4.78 is 1.76. The summed E-state index contributed by atoms with van der Waals surface area (Å²) in [5, 5.41) is 13.4. The maximum absolute atomic E-state index is 12.1. The van der Waals surface area contributed by atoms with Crippen LogP contribution in [-0.2, 0) is 0 Å². The van der Waals surface area contributed by atoms with Crippen molar-refractivity contribution >= 4 is 29.7 Å². The maximum Gasteiger partial charge on any atom is 0.335 e. The van der Waals surface area contributed by atoms with Gasteiger partial charge in [-0.05, 0) is 42.5 Å². The third kappa shape index (κ3) is 3.81. The summed E-state index contributed by atoms with van der Waals surface area (Å²) in [6.45, 7) is 0. The molecule has 0 bridgehead atoms. The lowest BCUT2D eigenvalue weighted by Crippen LogP contribution is -2.18. The summed E-state index contributed by atoms with van der Waals surface area (Å²) >= 11 is 5.98. The van der Waals surface area contributed by atoms with E-state index in [1.165, 1.54) is 12.3 Å². The molecule has 3 rings (SSSR count). The van der Waals surface area contributed by atoms with Crippen molar-refractivity contribution in [3.63, 3.8) is 0 Å². The number of hydrogen-bond acceptors (Lipinski definition) is 3. The van der Waals surface area contributed by atoms with Gasteiger partial charge in [0.05, 0.1) is 28.1 Å². The van der Waals surface area contributed by atoms with E-state index in [1.807, 2.05) is 0 Å². The number of nitrogens with zero attached hydrogens (tertiary/aromatic N) is 2. The highest BCUT2D eigenvalue weighted by molar-refractivity contribution is 6.33. The lowest BCUT2D eigenvalue weighted by Gasteiger charge is -2.07. The number of carbonyl (C=O) groups is 2. The van der Waals surface area contributed by atoms with E-state index >= 15 is 0 Å². The molecule has 0 saturated heterocycles. The fraction of sp³-hybridized carbons (Fsp3) is 0. The smallest absolute Gasteiger partial charge is 0.335 e. The molecule has 6 nitrogen and oxygen atoms in total. The van der Waals surface area contributed by atoms with Crippen molar-refractivity contribution in [3.8, 4) is 5.69 Å². The summed E-state index contributed by atoms with van der Waals surface area (Å²) in [5.74, 6) is -1.42. The normalized spacial score (nSPS) is 10.8. The Morgan fingerprint density at radius 1 is 1.08 bits per heavy atom. The lowest BCUT2D eigenvalue weighted by molar-refractivity contribution is 0.0696. The molecule has 130 valence electrons. The van der Waals surface area contributed by atoms with Gasteiger partial charge in [-0.25, -0.2) is 10.2 Å². The average Bonchev–Trinajstić information content (AvgIpc) is 3.10. The van der Waals surface area contributed by atoms with Crippen molar-refractivity contribution in [2.45, 2.75) is 0 Å². The number of hydrazone groups is 1. The number of carbonyl (C=O) groups excluding carboxylic acids is 1. The Balaban J connectivity index is 1.78. The van der Waals surface area contributed by atoms with Gasteiger partial charge in [-0.15, -0.1) is 0 Å². The van der Waals surface area contributed by atoms with Gasteiger partial charge in [0.1, 0.15) is 0 Å². The first-order chi connectivity index (χ1) is 12.6. The Morgan fingerprint density at radius 2 is 1.88 bits per heavy atom. The molecule has 0 unspecified atom stereocenters. The van der Waals surface area contributed by atoms with Crippen molar-refractivity contribution < 1.29 is 14.7 Å². The van der Waals surface area contributed by atoms with Crippen LogP contribution in [0.2, 0.25) is 5.02 Å². The predicted molar refractivity (Wildman–Crippen MR) is 99.2 cm³/mol. The van der Waals surface area contributed by atoms with E-state index in [0.717, 1.165) is 0 Å². The van der Waals surface area contributed by atoms with Gasteiger partial charge >= 0.3 is 5.97 Å². The zero-order chi connectivity index (χ0) is 18.5. The number of aromatic nitrogens is 1. The van der Waals surface area contributed by atoms with Gasteiger partial charge in [0, 0.05) is 11.9 Å². The molecule has 0 aliphatic carbocycles. The van der Waals surface area contributed by atoms with Crippen LogP contribution in [0.3, 0.4) is 0 Å². The van der Waals surface area contributed by atoms with Crippen molar-refractivity contribution in [1.82, 2.24) is 9.99 Å². The molecular weight excluding hydrogens is 354 g/mol. The minimum absolute atomic E-state index is 0.186. The van der Waals surface area contributed by atoms with Crippen LogP contribution in [-0.4, -0.2) is 27.8 Å². The number of carboxylic acid groups (broad SMARTS) is 1. The number of carboxylic acids is 1. The van der Waals surface area contributed by atoms with E-state index in [4.69, 9.17) is 16.7 Å². The number of nitrogens with one attached hydrogen (secondary N) is 1. The van der Waals surface area contributed by atoms with Gasteiger partial charge in [0.2, 0.25) is 0 Å². The van der Waals surface area contributed by atoms with Gasteiger partial charge in [-0.1, -0.05) is 29.8 Å². The van der Waals surface area contributed by atoms with E-state index in [1.54, 1.807) is 65.4 Å². The van der Waals surface area contributed by atoms with E-state index in [-0.39, 0.29) is 5.56 Å². The van der Waals surface area contributed by atoms with Crippen LogP contribution in [0, 0.1) is 0 Å². The monoisotopic (exact) mass is 367 g/mol. The van der Waals surface area contributed by atoms with Crippen molar-refractivity contribution in [2.24, 2.45) is 5.10 Å². The van der Waals surface area contributed by atoms with Crippen LogP contribution in [0.4, 0.5) is 0 Å². The SMILES string of the molecule is O=C(O)c1cccc(-n2cccc2/C=N\NC(=O)c2ccccc2Cl)c1. The van der Waals surface area contributed by atoms with Gasteiger partial charge in [0.15, 0.2) is 0 Å². The van der Waals surface area contributed by atoms with Crippen molar-refractivity contribution in [1.29, 1.82) is 0 Å². The molecule has 0 aliphatic rings. The molecule has 1 amide bonds. The molecule has 0 atom stereocenters. The first kappa shape index (κ1) is 17.4. The standard InChI is InChI=1S/C19H14ClN3O3/c20-17-9-2-1-8-16(17)18(24)22-21-12-15-7-4-10-23(15)14-6-3-5-13(11-14)19(25)26/h1-12H,(H,22,24)(H,25,26)/b21-12-. The van der Waals surface area contributed by atoms with Crippen LogP contribution in [0.25, 0.3) is 5.69 Å². The molecule has 1 aromatic heterocycles. The minimum atomic E-state index is -0.999. The molecular formula is C19H14ClN3O3. The molecule has 2 aromatic carbocycles. The fourth-order valence-electron chi connectivity index (χ4n) is 2.39. The van der Waals surface area contributed by atoms with E-state index in [2.05, 4.69) is 10.5 Å². The van der Waals surface area contributed by atoms with Crippen LogP contribution in [0.5, 0.6) is 0 Å². The fourth-order valence-corrected chi connectivity index (χ4v) is 2.61. The highest BCUT2D eigenvalue weighted by Crippen LogP contribution is 2.15. The van der Waals surface area contributed by atoms with Crippen LogP contribution >= 0.6 is 11.6 Å². The lowest BCUT2D eigenvalue weighted by atomic mass is 10.2. The zero-order valence-corrected chi connectivity index (χ0v) is 14.2. The molecule has 26 heavy (non-hydrogen) atoms. The number of aromatic carboxylic acids is 1. The Hall–Kier alpha value is -3.38. The number of halogens is 1. The van der Waals surface area contributed by atoms with Gasteiger partial charge < -0.3 is 9.67 Å². The van der Waals surface area contributed by atoms with Crippen LogP contribution < -0.4 is 5.43 Å². The summed E-state index contributed by atoms with van der Waals surface area (Å²) in [6, 6.07) is 16.8. The molecule has 0 spiro atoms. The topological polar surface area (TPSA) is 83.7 Å². The minimum Gasteiger partial charge on any atom is -0.478 e. The molecule has 0 radical (unpaired) electrons. The largest absolute Gasteiger partial charge is 0.478 e. The van der Waals surface area contributed by atoms with E-state index < -0.39 is 11.9 Å². The molecule has 2 N–H and O–H groups in total. The molecule has 7 heteroatoms. The van der Waals surface area contributed by atoms with E-state index in [9.17, 15) is 9.59 Å². The Morgan fingerprint density at radius 3 is 2.65 bits per heavy atom. The second kappa shape index (κ2) is 7.67. The van der Waals surface area contributed by atoms with Crippen molar-refractivity contribution in [3.05, 3.63) is 88.7 Å². The Labute approximate surface area is 154 Å². The quantitative estimate of drug-likeness (QED) is 0.534. The van der Waals surface area contributed by atoms with Crippen LogP contribution in [0.1, 0.15) is 26.4 Å². The third-order valence-electron chi connectivity index (χ3n) is 3.63. The molecule has 0 saturated carbocycles. The summed E-state index contributed by atoms with van der Waals surface area (Å²) in [7, 11) is 0. The highest BCUT2D eigenvalue weighted by Gasteiger charge is 2.09. The summed E-state index contributed by atoms with van der Waals surface area (Å²) in [5.41, 5.74) is 4.29. The number of hydrogen-bond donors (Lipinski definition) is 2. The summed E-state index contributed by atoms with van der Waals surface area (Å²) in [4.78, 5) is 23.2. The maximum atomic E-state index is 12.1. The number of benzene rings is 2. The number of rotatable bonds is 5. The predicted octanol–water partition coefficient (Wildman–Crippen LogP) is 3.59. The molecule has 0 fully saturated rings. The highest BCUT2D eigenvalue weighted by atomic mass is 35.5. The summed E-state index contributed by atoms with van der Waals surface area (Å²) in [6.07, 6.45) is 3.25. The number of amides is 1.